The summed E-state index contributed by atoms with van der Waals surface area (Å²) in [6.07, 6.45) is -2.59. The third-order valence-corrected chi connectivity index (χ3v) is 0.831. The first-order valence-corrected chi connectivity index (χ1v) is 3.34. The maximum atomic E-state index is 12.4. The minimum atomic E-state index is -2.59. The Morgan fingerprint density at radius 3 is 2.08 bits per heavy atom. The lowest BCUT2D eigenvalue weighted by molar-refractivity contribution is -0.168. The highest BCUT2D eigenvalue weighted by Gasteiger charge is 2.30. The molecule has 70 valence electrons. The molecule has 12 heavy (non-hydrogen) atoms. The summed E-state index contributed by atoms with van der Waals surface area (Å²) in [6.45, 7) is 4.58. The van der Waals surface area contributed by atoms with Crippen LogP contribution in [0.25, 0.3) is 0 Å². The summed E-state index contributed by atoms with van der Waals surface area (Å²) in [5.41, 5.74) is -0.864. The standard InChI is InChI=1S/C7H11FO4/c1-7(2,3)12-6(11)4(8)5(9)10/h4H,1-3H3,(H,9,10)/t4-/m1/s1. The van der Waals surface area contributed by atoms with Crippen molar-refractivity contribution < 1.29 is 23.8 Å². The van der Waals surface area contributed by atoms with E-state index in [0.717, 1.165) is 0 Å². The number of carbonyl (C=O) groups excluding carboxylic acids is 1. The van der Waals surface area contributed by atoms with E-state index in [4.69, 9.17) is 5.11 Å². The summed E-state index contributed by atoms with van der Waals surface area (Å²) in [6, 6.07) is 0. The largest absolute Gasteiger partial charge is 0.479 e. The molecule has 4 nitrogen and oxygen atoms in total. The lowest BCUT2D eigenvalue weighted by atomic mass is 10.2. The summed E-state index contributed by atoms with van der Waals surface area (Å²) < 4.78 is 16.8. The number of hydrogen-bond acceptors (Lipinski definition) is 3. The molecule has 0 aliphatic carbocycles. The maximum absolute atomic E-state index is 12.4. The molecule has 0 saturated heterocycles. The quantitative estimate of drug-likeness (QED) is 0.500. The predicted octanol–water partition coefficient (Wildman–Crippen LogP) is 0.751. The zero-order valence-corrected chi connectivity index (χ0v) is 7.13. The predicted molar refractivity (Wildman–Crippen MR) is 38.4 cm³/mol. The second-order valence-electron chi connectivity index (χ2n) is 3.23. The Morgan fingerprint density at radius 2 is 1.83 bits per heavy atom. The normalized spacial score (nSPS) is 13.7. The van der Waals surface area contributed by atoms with Crippen molar-refractivity contribution in [2.45, 2.75) is 32.5 Å². The van der Waals surface area contributed by atoms with Crippen molar-refractivity contribution in [3.63, 3.8) is 0 Å². The van der Waals surface area contributed by atoms with Crippen molar-refractivity contribution in [2.24, 2.45) is 0 Å². The van der Waals surface area contributed by atoms with E-state index in [9.17, 15) is 14.0 Å². The van der Waals surface area contributed by atoms with Crippen molar-refractivity contribution >= 4 is 11.9 Å². The van der Waals surface area contributed by atoms with Crippen LogP contribution in [0.3, 0.4) is 0 Å². The van der Waals surface area contributed by atoms with Crippen molar-refractivity contribution in [2.75, 3.05) is 0 Å². The van der Waals surface area contributed by atoms with Crippen LogP contribution in [0.2, 0.25) is 0 Å². The Kier molecular flexibility index (Phi) is 3.18. The number of alkyl halides is 1. The molecule has 0 heterocycles. The fourth-order valence-corrected chi connectivity index (χ4v) is 0.454. The third-order valence-electron chi connectivity index (χ3n) is 0.831. The number of esters is 1. The number of carbonyl (C=O) groups is 2. The number of carboxylic acid groups (broad SMARTS) is 1. The monoisotopic (exact) mass is 178 g/mol. The van der Waals surface area contributed by atoms with Gasteiger partial charge in [0.1, 0.15) is 5.60 Å². The van der Waals surface area contributed by atoms with Gasteiger partial charge in [0.15, 0.2) is 0 Å². The topological polar surface area (TPSA) is 63.6 Å². The van der Waals surface area contributed by atoms with Crippen LogP contribution in [0.1, 0.15) is 20.8 Å². The second-order valence-corrected chi connectivity index (χ2v) is 3.23. The Hall–Kier alpha value is -1.13. The van der Waals surface area contributed by atoms with Gasteiger partial charge in [-0.2, -0.15) is 0 Å². The summed E-state index contributed by atoms with van der Waals surface area (Å²) in [5, 5.41) is 8.07. The van der Waals surface area contributed by atoms with Crippen molar-refractivity contribution in [3.8, 4) is 0 Å². The first-order valence-electron chi connectivity index (χ1n) is 3.34. The maximum Gasteiger partial charge on any atom is 0.353 e. The molecule has 1 N–H and O–H groups in total. The van der Waals surface area contributed by atoms with Crippen LogP contribution in [-0.2, 0) is 14.3 Å². The minimum Gasteiger partial charge on any atom is -0.479 e. The number of ether oxygens (including phenoxy) is 1. The average Bonchev–Trinajstić information content (AvgIpc) is 1.82. The van der Waals surface area contributed by atoms with Gasteiger partial charge in [0.2, 0.25) is 0 Å². The van der Waals surface area contributed by atoms with E-state index in [1.807, 2.05) is 0 Å². The lowest BCUT2D eigenvalue weighted by Crippen LogP contribution is -2.33. The molecule has 0 aromatic heterocycles. The summed E-state index contributed by atoms with van der Waals surface area (Å²) in [7, 11) is 0. The molecule has 0 saturated carbocycles. The van der Waals surface area contributed by atoms with E-state index in [1.54, 1.807) is 0 Å². The average molecular weight is 178 g/mol. The van der Waals surface area contributed by atoms with Gasteiger partial charge in [0.25, 0.3) is 6.17 Å². The van der Waals surface area contributed by atoms with Crippen molar-refractivity contribution in [1.29, 1.82) is 0 Å². The van der Waals surface area contributed by atoms with E-state index in [0.29, 0.717) is 0 Å². The van der Waals surface area contributed by atoms with Crippen LogP contribution >= 0.6 is 0 Å². The van der Waals surface area contributed by atoms with Gasteiger partial charge in [-0.05, 0) is 20.8 Å². The molecule has 0 radical (unpaired) electrons. The Morgan fingerprint density at radius 1 is 1.42 bits per heavy atom. The van der Waals surface area contributed by atoms with Gasteiger partial charge in [-0.15, -0.1) is 0 Å². The van der Waals surface area contributed by atoms with E-state index < -0.39 is 23.7 Å². The third kappa shape index (κ3) is 3.90. The van der Waals surface area contributed by atoms with Gasteiger partial charge in [-0.25, -0.2) is 14.0 Å². The van der Waals surface area contributed by atoms with Gasteiger partial charge in [-0.3, -0.25) is 0 Å². The van der Waals surface area contributed by atoms with Crippen molar-refractivity contribution in [1.82, 2.24) is 0 Å². The SMILES string of the molecule is CC(C)(C)OC(=O)[C@H](F)C(=O)O. The molecule has 0 unspecified atom stereocenters. The smallest absolute Gasteiger partial charge is 0.353 e. The fourth-order valence-electron chi connectivity index (χ4n) is 0.454. The van der Waals surface area contributed by atoms with Gasteiger partial charge < -0.3 is 9.84 Å². The number of carboxylic acids is 1. The van der Waals surface area contributed by atoms with Crippen LogP contribution in [-0.4, -0.2) is 28.8 Å². The molecule has 0 aromatic rings. The van der Waals surface area contributed by atoms with Gasteiger partial charge >= 0.3 is 11.9 Å². The van der Waals surface area contributed by atoms with Crippen LogP contribution in [0.15, 0.2) is 0 Å². The number of halogens is 1. The molecule has 5 heteroatoms. The molecule has 0 bridgehead atoms. The molecule has 0 amide bonds. The summed E-state index contributed by atoms with van der Waals surface area (Å²) in [5.74, 6) is -3.20. The molecule has 0 aliphatic rings. The van der Waals surface area contributed by atoms with Crippen LogP contribution in [0.5, 0.6) is 0 Å². The zero-order valence-electron chi connectivity index (χ0n) is 7.13. The molecule has 0 spiro atoms. The highest BCUT2D eigenvalue weighted by atomic mass is 19.1. The lowest BCUT2D eigenvalue weighted by Gasteiger charge is -2.19. The first-order chi connectivity index (χ1) is 5.24. The van der Waals surface area contributed by atoms with Crippen LogP contribution < -0.4 is 0 Å². The number of aliphatic carboxylic acids is 1. The van der Waals surface area contributed by atoms with E-state index in [2.05, 4.69) is 4.74 Å². The van der Waals surface area contributed by atoms with Crippen LogP contribution in [0.4, 0.5) is 4.39 Å². The molecular weight excluding hydrogens is 167 g/mol. The van der Waals surface area contributed by atoms with Crippen LogP contribution in [0, 0.1) is 0 Å². The fraction of sp³-hybridized carbons (Fsp3) is 0.714. The molecule has 0 aromatic carbocycles. The molecule has 0 fully saturated rings. The van der Waals surface area contributed by atoms with E-state index >= 15 is 0 Å². The highest BCUT2D eigenvalue weighted by Crippen LogP contribution is 2.09. The van der Waals surface area contributed by atoms with Crippen molar-refractivity contribution in [3.05, 3.63) is 0 Å². The highest BCUT2D eigenvalue weighted by molar-refractivity contribution is 5.96. The number of rotatable bonds is 2. The zero-order chi connectivity index (χ0) is 9.94. The molecule has 1 atom stereocenters. The van der Waals surface area contributed by atoms with E-state index in [1.165, 1.54) is 20.8 Å². The van der Waals surface area contributed by atoms with Gasteiger partial charge in [0.05, 0.1) is 0 Å². The minimum absolute atomic E-state index is 0.864. The summed E-state index contributed by atoms with van der Waals surface area (Å²) in [4.78, 5) is 20.6. The van der Waals surface area contributed by atoms with Gasteiger partial charge in [0, 0.05) is 0 Å². The molecule has 0 rings (SSSR count). The Bertz CT molecular complexity index is 194. The second kappa shape index (κ2) is 3.51. The summed E-state index contributed by atoms with van der Waals surface area (Å²) >= 11 is 0. The van der Waals surface area contributed by atoms with Gasteiger partial charge in [-0.1, -0.05) is 0 Å². The molecule has 0 aliphatic heterocycles. The molecular formula is C7H11FO4. The number of hydrogen-bond donors (Lipinski definition) is 1. The first kappa shape index (κ1) is 10.9. The Labute approximate surface area is 69.3 Å². The van der Waals surface area contributed by atoms with E-state index in [-0.39, 0.29) is 0 Å². The Balaban J connectivity index is 4.15.